The van der Waals surface area contributed by atoms with Crippen LogP contribution in [0.4, 0.5) is 87.8 Å². The van der Waals surface area contributed by atoms with Crippen LogP contribution in [0.25, 0.3) is 22.3 Å². The van der Waals surface area contributed by atoms with Crippen LogP contribution >= 0.6 is 0 Å². The van der Waals surface area contributed by atoms with Gasteiger partial charge in [0, 0.05) is 50.4 Å². The normalized spacial score (nSPS) is 14.6. The number of aromatic amines is 2. The van der Waals surface area contributed by atoms with Crippen molar-refractivity contribution >= 4 is 33.7 Å². The molecule has 9 rings (SSSR count). The molecule has 2 aromatic heterocycles. The standard InChI is InChI=1S/C44H10F20N4/c45-25-21(26(46)34(54)41(61)33(25)53)17-9-7-16(65-8-9)20(24-31(51)39(59)44(64)40(60)32(24)52)15-6-5-14(68-15)19(23-29(49)37(57)43(63)38(58)30(23)50)13-4-3-12(67-13)18(11-2-1-10(17)66-11)22-27(47)35(55)42(62)36(56)28(22)48/h1-8,65,67H. The van der Waals surface area contributed by atoms with Crippen molar-refractivity contribution < 1.29 is 87.8 Å². The zero-order chi connectivity index (χ0) is 49.3. The molecule has 0 fully saturated rings. The van der Waals surface area contributed by atoms with Gasteiger partial charge in [-0.25, -0.2) is 97.8 Å². The summed E-state index contributed by atoms with van der Waals surface area (Å²) in [6, 6.07) is 1.77. The number of hydrogen-bond acceptors (Lipinski definition) is 2. The molecule has 3 aliphatic rings. The van der Waals surface area contributed by atoms with Crippen molar-refractivity contribution in [3.05, 3.63) is 221 Å². The Kier molecular flexibility index (Phi) is 10.6. The van der Waals surface area contributed by atoms with E-state index in [2.05, 4.69) is 20.0 Å². The number of benzene rings is 4. The maximum Gasteiger partial charge on any atom is 0.200 e. The molecule has 346 valence electrons. The van der Waals surface area contributed by atoms with E-state index in [4.69, 9.17) is 0 Å². The number of H-pyrrole nitrogens is 2. The van der Waals surface area contributed by atoms with Crippen molar-refractivity contribution in [1.82, 2.24) is 9.97 Å². The van der Waals surface area contributed by atoms with E-state index in [1.165, 1.54) is 0 Å². The first-order valence-corrected chi connectivity index (χ1v) is 18.3. The third kappa shape index (κ3) is 6.39. The van der Waals surface area contributed by atoms with E-state index in [1.807, 2.05) is 0 Å². The molecule has 6 aromatic rings. The van der Waals surface area contributed by atoms with Crippen molar-refractivity contribution in [2.24, 2.45) is 9.98 Å². The SMILES string of the molecule is Fc1c(F)c(F)c(C2=C3C=CC(=N3)C(c3c(F)c(F)c(F)c(F)c3F)=c3ccc([nH]3)=C(c3c(F)c(F)c(F)c(F)c3F)C3=NC(=C(c4c(F)c(F)c(F)c(F)c4F)c4cc2c[nH]4)C=C3)c(F)c1F. The summed E-state index contributed by atoms with van der Waals surface area (Å²) in [5.74, 6) is -52.6. The van der Waals surface area contributed by atoms with Gasteiger partial charge in [-0.2, -0.15) is 0 Å². The molecule has 68 heavy (non-hydrogen) atoms. The maximum atomic E-state index is 15.8. The number of fused-ring (bicyclic) bond motifs is 6. The zero-order valence-corrected chi connectivity index (χ0v) is 32.1. The molecule has 5 heterocycles. The average Bonchev–Trinajstić information content (AvgIpc) is 4.18. The fourth-order valence-corrected chi connectivity index (χ4v) is 7.57. The summed E-state index contributed by atoms with van der Waals surface area (Å²) in [5.41, 5.74) is -18.5. The number of nitrogens with zero attached hydrogens (tertiary/aromatic N) is 2. The third-order valence-corrected chi connectivity index (χ3v) is 10.6. The van der Waals surface area contributed by atoms with Crippen LogP contribution in [0.1, 0.15) is 33.5 Å². The van der Waals surface area contributed by atoms with E-state index in [0.717, 1.165) is 0 Å². The minimum Gasteiger partial charge on any atom is -0.360 e. The van der Waals surface area contributed by atoms with Gasteiger partial charge in [-0.05, 0) is 42.5 Å². The van der Waals surface area contributed by atoms with Gasteiger partial charge in [-0.15, -0.1) is 0 Å². The van der Waals surface area contributed by atoms with E-state index in [-0.39, 0.29) is 0 Å². The van der Waals surface area contributed by atoms with Crippen molar-refractivity contribution in [2.75, 3.05) is 0 Å². The molecule has 24 heteroatoms. The molecule has 0 aliphatic carbocycles. The molecule has 0 atom stereocenters. The van der Waals surface area contributed by atoms with Crippen molar-refractivity contribution in [3.63, 3.8) is 0 Å². The predicted molar refractivity (Wildman–Crippen MR) is 196 cm³/mol. The molecule has 0 unspecified atom stereocenters. The second-order valence-electron chi connectivity index (χ2n) is 14.3. The van der Waals surface area contributed by atoms with Crippen LogP contribution in [0.5, 0.6) is 0 Å². The van der Waals surface area contributed by atoms with Gasteiger partial charge in [-0.1, -0.05) is 0 Å². The van der Waals surface area contributed by atoms with E-state index in [0.29, 0.717) is 48.7 Å². The Morgan fingerprint density at radius 1 is 0.309 bits per heavy atom. The van der Waals surface area contributed by atoms with E-state index in [9.17, 15) is 52.7 Å². The lowest BCUT2D eigenvalue weighted by atomic mass is 9.94. The topological polar surface area (TPSA) is 56.3 Å². The van der Waals surface area contributed by atoms with Crippen LogP contribution in [0.15, 0.2) is 70.1 Å². The largest absolute Gasteiger partial charge is 0.360 e. The van der Waals surface area contributed by atoms with Crippen LogP contribution < -0.4 is 10.7 Å². The van der Waals surface area contributed by atoms with Gasteiger partial charge >= 0.3 is 0 Å². The second-order valence-corrected chi connectivity index (χ2v) is 14.3. The summed E-state index contributed by atoms with van der Waals surface area (Å²) >= 11 is 0. The monoisotopic (exact) mass is 974 g/mol. The smallest absolute Gasteiger partial charge is 0.200 e. The summed E-state index contributed by atoms with van der Waals surface area (Å²) in [5, 5.41) is -1.88. The summed E-state index contributed by atoms with van der Waals surface area (Å²) in [6.07, 6.45) is 2.97. The number of rotatable bonds is 4. The molecule has 0 amide bonds. The van der Waals surface area contributed by atoms with Gasteiger partial charge in [0.2, 0.25) is 23.3 Å². The molecular formula is C44H10F20N4. The van der Waals surface area contributed by atoms with Gasteiger partial charge in [0.05, 0.1) is 45.1 Å². The summed E-state index contributed by atoms with van der Waals surface area (Å²) in [6.45, 7) is 0. The lowest BCUT2D eigenvalue weighted by Gasteiger charge is -2.14. The lowest BCUT2D eigenvalue weighted by molar-refractivity contribution is 0.376. The molecule has 0 saturated carbocycles. The fraction of sp³-hybridized carbons (Fsp3) is 0. The van der Waals surface area contributed by atoms with Gasteiger partial charge in [0.1, 0.15) is 0 Å². The van der Waals surface area contributed by atoms with Crippen LogP contribution in [-0.4, -0.2) is 21.4 Å². The molecule has 2 N–H and O–H groups in total. The summed E-state index contributed by atoms with van der Waals surface area (Å²) < 4.78 is 303. The van der Waals surface area contributed by atoms with Crippen molar-refractivity contribution in [3.8, 4) is 0 Å². The van der Waals surface area contributed by atoms with E-state index >= 15 is 35.1 Å². The predicted octanol–water partition coefficient (Wildman–Crippen LogP) is 10.8. The van der Waals surface area contributed by atoms with Gasteiger partial charge in [0.15, 0.2) is 93.1 Å². The van der Waals surface area contributed by atoms with E-state index in [1.54, 1.807) is 0 Å². The van der Waals surface area contributed by atoms with Crippen LogP contribution in [0.3, 0.4) is 0 Å². The molecule has 0 radical (unpaired) electrons. The first-order chi connectivity index (χ1) is 32.1. The highest BCUT2D eigenvalue weighted by Gasteiger charge is 2.37. The second kappa shape index (κ2) is 15.9. The van der Waals surface area contributed by atoms with Crippen LogP contribution in [-0.2, 0) is 0 Å². The number of aromatic nitrogens is 2. The Labute approximate surface area is 361 Å². The fourth-order valence-electron chi connectivity index (χ4n) is 7.57. The Morgan fingerprint density at radius 2 is 0.588 bits per heavy atom. The van der Waals surface area contributed by atoms with Crippen molar-refractivity contribution in [1.29, 1.82) is 0 Å². The summed E-state index contributed by atoms with van der Waals surface area (Å²) in [4.78, 5) is 12.3. The Morgan fingerprint density at radius 3 is 0.926 bits per heavy atom. The maximum absolute atomic E-state index is 15.8. The Hall–Kier alpha value is -7.92. The van der Waals surface area contributed by atoms with Gasteiger partial charge in [-0.3, -0.25) is 0 Å². The lowest BCUT2D eigenvalue weighted by Crippen LogP contribution is -2.24. The van der Waals surface area contributed by atoms with E-state index < -0.39 is 206 Å². The third-order valence-electron chi connectivity index (χ3n) is 10.6. The highest BCUT2D eigenvalue weighted by Crippen LogP contribution is 2.42. The average molecular weight is 975 g/mol. The molecule has 0 saturated heterocycles. The number of hydrogen-bond donors (Lipinski definition) is 2. The highest BCUT2D eigenvalue weighted by molar-refractivity contribution is 6.32. The number of halogens is 20. The van der Waals surface area contributed by atoms with Gasteiger partial charge < -0.3 is 9.97 Å². The minimum absolute atomic E-state index is 0.509. The number of nitrogens with one attached hydrogen (secondary N) is 2. The molecular weight excluding hydrogens is 964 g/mol. The first kappa shape index (κ1) is 45.2. The Bertz CT molecular complexity index is 3330. The van der Waals surface area contributed by atoms with Crippen LogP contribution in [0.2, 0.25) is 0 Å². The zero-order valence-electron chi connectivity index (χ0n) is 32.1. The molecule has 4 aromatic carbocycles. The molecule has 3 aliphatic heterocycles. The first-order valence-electron chi connectivity index (χ1n) is 18.3. The number of aliphatic imine (C=N–C) groups is 2. The Balaban J connectivity index is 1.54. The quantitative estimate of drug-likeness (QED) is 0.100. The van der Waals surface area contributed by atoms with Gasteiger partial charge in [0.25, 0.3) is 0 Å². The van der Waals surface area contributed by atoms with Crippen molar-refractivity contribution in [2.45, 2.75) is 0 Å². The molecule has 0 spiro atoms. The summed E-state index contributed by atoms with van der Waals surface area (Å²) in [7, 11) is 0. The molecule has 8 bridgehead atoms. The van der Waals surface area contributed by atoms with Crippen LogP contribution in [0, 0.1) is 116 Å². The number of allylic oxidation sites excluding steroid dienone is 4. The minimum atomic E-state index is -2.72. The molecule has 4 nitrogen and oxygen atoms in total. The highest BCUT2D eigenvalue weighted by atomic mass is 19.2.